The van der Waals surface area contributed by atoms with Crippen LogP contribution in [0.5, 0.6) is 0 Å². The van der Waals surface area contributed by atoms with E-state index >= 15 is 0 Å². The fraction of sp³-hybridized carbons (Fsp3) is 0.818. The van der Waals surface area contributed by atoms with Crippen molar-refractivity contribution in [2.24, 2.45) is 0 Å². The molecule has 0 aromatic rings. The Hall–Kier alpha value is -0.850. The number of nitrogens with one attached hydrogen (secondary N) is 2. The number of rotatable bonds is 4. The summed E-state index contributed by atoms with van der Waals surface area (Å²) in [6.45, 7) is 2.34. The van der Waals surface area contributed by atoms with Crippen molar-refractivity contribution >= 4 is 24.3 Å². The highest BCUT2D eigenvalue weighted by Crippen LogP contribution is 2.12. The summed E-state index contributed by atoms with van der Waals surface area (Å²) in [4.78, 5) is 22.9. The molecule has 0 spiro atoms. The normalized spacial score (nSPS) is 27.2. The van der Waals surface area contributed by atoms with Crippen LogP contribution in [0.2, 0.25) is 0 Å². The van der Waals surface area contributed by atoms with E-state index in [-0.39, 0.29) is 36.8 Å². The molecule has 2 saturated heterocycles. The van der Waals surface area contributed by atoms with Crippen LogP contribution in [0.1, 0.15) is 19.3 Å². The molecular formula is C11H19ClN2O4. The molecule has 6 nitrogen and oxygen atoms in total. The number of carbonyl (C=O) groups excluding carboxylic acids is 2. The van der Waals surface area contributed by atoms with Crippen molar-refractivity contribution in [1.82, 2.24) is 10.6 Å². The maximum Gasteiger partial charge on any atom is 0.308 e. The van der Waals surface area contributed by atoms with Crippen LogP contribution in [0.3, 0.4) is 0 Å². The lowest BCUT2D eigenvalue weighted by molar-refractivity contribution is -0.149. The lowest BCUT2D eigenvalue weighted by Crippen LogP contribution is -2.53. The predicted octanol–water partition coefficient (Wildman–Crippen LogP) is -0.391. The molecule has 2 unspecified atom stereocenters. The summed E-state index contributed by atoms with van der Waals surface area (Å²) in [5.74, 6) is -0.486. The number of ether oxygens (including phenoxy) is 2. The van der Waals surface area contributed by atoms with Gasteiger partial charge >= 0.3 is 5.97 Å². The van der Waals surface area contributed by atoms with Crippen molar-refractivity contribution in [3.63, 3.8) is 0 Å². The van der Waals surface area contributed by atoms with Gasteiger partial charge in [0.1, 0.15) is 6.61 Å². The van der Waals surface area contributed by atoms with Crippen molar-refractivity contribution in [2.45, 2.75) is 31.4 Å². The maximum absolute atomic E-state index is 11.5. The molecule has 1 amide bonds. The molecule has 2 heterocycles. The second-order valence-electron chi connectivity index (χ2n) is 4.32. The van der Waals surface area contributed by atoms with Gasteiger partial charge in [-0.05, 0) is 12.8 Å². The average molecular weight is 279 g/mol. The fourth-order valence-corrected chi connectivity index (χ4v) is 2.00. The highest BCUT2D eigenvalue weighted by atomic mass is 35.5. The highest BCUT2D eigenvalue weighted by molar-refractivity contribution is 5.87. The monoisotopic (exact) mass is 278 g/mol. The highest BCUT2D eigenvalue weighted by Gasteiger charge is 2.25. The van der Waals surface area contributed by atoms with Crippen LogP contribution in [0.15, 0.2) is 0 Å². The molecule has 0 aliphatic carbocycles. The summed E-state index contributed by atoms with van der Waals surface area (Å²) in [5.41, 5.74) is 0. The number of amides is 1. The molecule has 18 heavy (non-hydrogen) atoms. The standard InChI is InChI=1S/C11H18N2O4.ClH/c14-10(17-7-8-2-1-5-16-8)6-9-11(15)13-4-3-12-9;/h8-9,12H,1-7H2,(H,13,15);1H. The average Bonchev–Trinajstić information content (AvgIpc) is 2.82. The van der Waals surface area contributed by atoms with Crippen molar-refractivity contribution in [1.29, 1.82) is 0 Å². The topological polar surface area (TPSA) is 76.7 Å². The molecule has 2 aliphatic heterocycles. The largest absolute Gasteiger partial charge is 0.463 e. The van der Waals surface area contributed by atoms with E-state index in [9.17, 15) is 9.59 Å². The van der Waals surface area contributed by atoms with E-state index in [0.29, 0.717) is 19.7 Å². The number of hydrogen-bond donors (Lipinski definition) is 2. The van der Waals surface area contributed by atoms with E-state index in [2.05, 4.69) is 10.6 Å². The second-order valence-corrected chi connectivity index (χ2v) is 4.32. The Kier molecular flexibility index (Phi) is 6.38. The van der Waals surface area contributed by atoms with Crippen LogP contribution in [-0.4, -0.2) is 50.3 Å². The van der Waals surface area contributed by atoms with E-state index in [1.165, 1.54) is 0 Å². The maximum atomic E-state index is 11.5. The lowest BCUT2D eigenvalue weighted by atomic mass is 10.1. The zero-order chi connectivity index (χ0) is 12.1. The van der Waals surface area contributed by atoms with Gasteiger partial charge in [0, 0.05) is 19.7 Å². The molecule has 0 bridgehead atoms. The molecule has 2 atom stereocenters. The van der Waals surface area contributed by atoms with Crippen molar-refractivity contribution in [3.8, 4) is 0 Å². The molecule has 104 valence electrons. The minimum Gasteiger partial charge on any atom is -0.463 e. The minimum absolute atomic E-state index is 0. The quantitative estimate of drug-likeness (QED) is 0.685. The molecule has 2 rings (SSSR count). The van der Waals surface area contributed by atoms with Crippen LogP contribution in [0.25, 0.3) is 0 Å². The summed E-state index contributed by atoms with van der Waals surface area (Å²) in [7, 11) is 0. The molecule has 0 saturated carbocycles. The van der Waals surface area contributed by atoms with Gasteiger partial charge in [0.25, 0.3) is 0 Å². The molecule has 2 N–H and O–H groups in total. The first-order valence-corrected chi connectivity index (χ1v) is 6.04. The molecule has 0 radical (unpaired) electrons. The summed E-state index contributed by atoms with van der Waals surface area (Å²) in [6, 6.07) is -0.458. The third-order valence-corrected chi connectivity index (χ3v) is 2.96. The van der Waals surface area contributed by atoms with Gasteiger partial charge in [0.05, 0.1) is 18.6 Å². The first-order valence-electron chi connectivity index (χ1n) is 6.04. The molecule has 0 aromatic carbocycles. The van der Waals surface area contributed by atoms with Crippen LogP contribution < -0.4 is 10.6 Å². The van der Waals surface area contributed by atoms with Gasteiger partial charge in [-0.2, -0.15) is 0 Å². The Bertz CT molecular complexity index is 295. The smallest absolute Gasteiger partial charge is 0.308 e. The van der Waals surface area contributed by atoms with E-state index in [1.807, 2.05) is 0 Å². The Morgan fingerprint density at radius 1 is 1.44 bits per heavy atom. The van der Waals surface area contributed by atoms with Gasteiger partial charge in [0.15, 0.2) is 0 Å². The molecular weight excluding hydrogens is 260 g/mol. The van der Waals surface area contributed by atoms with Gasteiger partial charge in [-0.15, -0.1) is 12.4 Å². The van der Waals surface area contributed by atoms with Crippen LogP contribution in [0.4, 0.5) is 0 Å². The summed E-state index contributed by atoms with van der Waals surface area (Å²) in [5, 5.41) is 5.68. The molecule has 0 aromatic heterocycles. The predicted molar refractivity (Wildman–Crippen MR) is 66.6 cm³/mol. The lowest BCUT2D eigenvalue weighted by Gasteiger charge is -2.22. The summed E-state index contributed by atoms with van der Waals surface area (Å²) >= 11 is 0. The van der Waals surface area contributed by atoms with E-state index in [1.54, 1.807) is 0 Å². The minimum atomic E-state index is -0.458. The van der Waals surface area contributed by atoms with Gasteiger partial charge in [-0.3, -0.25) is 9.59 Å². The number of hydrogen-bond acceptors (Lipinski definition) is 5. The third-order valence-electron chi connectivity index (χ3n) is 2.96. The number of piperazine rings is 1. The Balaban J connectivity index is 0.00000162. The van der Waals surface area contributed by atoms with E-state index in [4.69, 9.17) is 9.47 Å². The number of halogens is 1. The van der Waals surface area contributed by atoms with Crippen LogP contribution in [-0.2, 0) is 19.1 Å². The van der Waals surface area contributed by atoms with Gasteiger partial charge in [-0.1, -0.05) is 0 Å². The van der Waals surface area contributed by atoms with E-state index in [0.717, 1.165) is 19.4 Å². The third kappa shape index (κ3) is 4.44. The van der Waals surface area contributed by atoms with Crippen LogP contribution in [0, 0.1) is 0 Å². The Morgan fingerprint density at radius 2 is 2.28 bits per heavy atom. The fourth-order valence-electron chi connectivity index (χ4n) is 2.00. The van der Waals surface area contributed by atoms with Gasteiger partial charge in [-0.25, -0.2) is 0 Å². The first kappa shape index (κ1) is 15.2. The van der Waals surface area contributed by atoms with Crippen molar-refractivity contribution < 1.29 is 19.1 Å². The van der Waals surface area contributed by atoms with Crippen molar-refractivity contribution in [2.75, 3.05) is 26.3 Å². The summed E-state index contributed by atoms with van der Waals surface area (Å²) in [6.07, 6.45) is 2.08. The van der Waals surface area contributed by atoms with Gasteiger partial charge in [0.2, 0.25) is 5.91 Å². The molecule has 2 aliphatic rings. The van der Waals surface area contributed by atoms with Crippen molar-refractivity contribution in [3.05, 3.63) is 0 Å². The molecule has 7 heteroatoms. The zero-order valence-electron chi connectivity index (χ0n) is 10.1. The first-order chi connectivity index (χ1) is 8.25. The number of carbonyl (C=O) groups is 2. The SMILES string of the molecule is Cl.O=C(CC1NCCNC1=O)OCC1CCCO1. The van der Waals surface area contributed by atoms with Crippen LogP contribution >= 0.6 is 12.4 Å². The van der Waals surface area contributed by atoms with Gasteiger partial charge < -0.3 is 20.1 Å². The second kappa shape index (κ2) is 7.56. The Labute approximate surface area is 112 Å². The number of esters is 1. The summed E-state index contributed by atoms with van der Waals surface area (Å²) < 4.78 is 10.4. The molecule has 2 fully saturated rings. The van der Waals surface area contributed by atoms with E-state index < -0.39 is 6.04 Å². The Morgan fingerprint density at radius 3 is 2.94 bits per heavy atom. The zero-order valence-corrected chi connectivity index (χ0v) is 11.0.